The second-order valence-corrected chi connectivity index (χ2v) is 10.9. The maximum absolute atomic E-state index is 13.5. The van der Waals surface area contributed by atoms with E-state index in [1.54, 1.807) is 24.0 Å². The summed E-state index contributed by atoms with van der Waals surface area (Å²) in [7, 11) is -3.83. The number of carboxylic acids is 1. The number of alkyl halides is 3. The summed E-state index contributed by atoms with van der Waals surface area (Å²) in [6, 6.07) is 12.7. The number of sulfonamides is 1. The van der Waals surface area contributed by atoms with Gasteiger partial charge in [-0.1, -0.05) is 45.8 Å². The molecule has 0 atom stereocenters. The zero-order valence-corrected chi connectivity index (χ0v) is 22.1. The van der Waals surface area contributed by atoms with Crippen LogP contribution in [0.4, 0.5) is 13.2 Å². The van der Waals surface area contributed by atoms with Gasteiger partial charge in [0.1, 0.15) is 0 Å². The first-order chi connectivity index (χ1) is 16.7. The zero-order chi connectivity index (χ0) is 27.1. The van der Waals surface area contributed by atoms with E-state index in [1.165, 1.54) is 4.31 Å². The lowest BCUT2D eigenvalue weighted by Gasteiger charge is -2.30. The van der Waals surface area contributed by atoms with Crippen molar-refractivity contribution in [2.75, 3.05) is 32.7 Å². The van der Waals surface area contributed by atoms with Gasteiger partial charge >= 0.3 is 12.1 Å². The highest BCUT2D eigenvalue weighted by Crippen LogP contribution is 2.23. The molecule has 0 spiro atoms. The number of rotatable bonds is 6. The van der Waals surface area contributed by atoms with E-state index in [4.69, 9.17) is 9.90 Å². The van der Waals surface area contributed by atoms with Crippen molar-refractivity contribution < 1.29 is 36.3 Å². The van der Waals surface area contributed by atoms with Gasteiger partial charge in [0.05, 0.1) is 11.4 Å². The van der Waals surface area contributed by atoms with Crippen LogP contribution in [0.3, 0.4) is 0 Å². The van der Waals surface area contributed by atoms with Gasteiger partial charge in [-0.05, 0) is 43.2 Å². The van der Waals surface area contributed by atoms with Gasteiger partial charge in [-0.15, -0.1) is 0 Å². The standard InChI is InChI=1S/C21H26BrN3O3S.C2HF3O2/c1-16-3-8-20(17(2)13-16)29(27,28)25(14-18-4-6-19(22)7-5-18)15-21(26)24-11-9-23-10-12-24;3-2(4,5)1(6)7/h3-8,13,23H,9-12,14-15H2,1-2H3;(H,6,7). The number of hydrogen-bond acceptors (Lipinski definition) is 5. The third kappa shape index (κ3) is 8.57. The van der Waals surface area contributed by atoms with Crippen molar-refractivity contribution in [1.29, 1.82) is 0 Å². The Morgan fingerprint density at radius 2 is 1.64 bits per heavy atom. The van der Waals surface area contributed by atoms with Crippen molar-refractivity contribution in [2.45, 2.75) is 31.5 Å². The van der Waals surface area contributed by atoms with Crippen molar-refractivity contribution in [3.63, 3.8) is 0 Å². The second-order valence-electron chi connectivity index (χ2n) is 8.10. The minimum absolute atomic E-state index is 0.140. The first-order valence-corrected chi connectivity index (χ1v) is 13.1. The van der Waals surface area contributed by atoms with Crippen LogP contribution in [0.15, 0.2) is 51.8 Å². The van der Waals surface area contributed by atoms with E-state index in [1.807, 2.05) is 37.3 Å². The van der Waals surface area contributed by atoms with Crippen LogP contribution in [0.1, 0.15) is 16.7 Å². The van der Waals surface area contributed by atoms with Gasteiger partial charge in [-0.25, -0.2) is 13.2 Å². The molecule has 3 rings (SSSR count). The molecule has 2 N–H and O–H groups in total. The number of nitrogens with one attached hydrogen (secondary N) is 1. The van der Waals surface area contributed by atoms with Crippen LogP contribution in [0.5, 0.6) is 0 Å². The number of aryl methyl sites for hydroxylation is 2. The number of piperazine rings is 1. The summed E-state index contributed by atoms with van der Waals surface area (Å²) in [5.41, 5.74) is 2.51. The topological polar surface area (TPSA) is 107 Å². The fourth-order valence-electron chi connectivity index (χ4n) is 3.41. The SMILES string of the molecule is Cc1ccc(S(=O)(=O)N(CC(=O)N2CCNCC2)Cc2ccc(Br)cc2)c(C)c1.O=C(O)C(F)(F)F. The Morgan fingerprint density at radius 3 is 2.14 bits per heavy atom. The van der Waals surface area contributed by atoms with Gasteiger partial charge < -0.3 is 15.3 Å². The van der Waals surface area contributed by atoms with Crippen LogP contribution >= 0.6 is 15.9 Å². The maximum Gasteiger partial charge on any atom is 0.490 e. The smallest absolute Gasteiger partial charge is 0.475 e. The lowest BCUT2D eigenvalue weighted by atomic mass is 10.2. The summed E-state index contributed by atoms with van der Waals surface area (Å²) in [6.07, 6.45) is -5.08. The number of amides is 1. The van der Waals surface area contributed by atoms with Crippen LogP contribution in [0.25, 0.3) is 0 Å². The lowest BCUT2D eigenvalue weighted by Crippen LogP contribution is -2.50. The molecule has 0 aliphatic carbocycles. The lowest BCUT2D eigenvalue weighted by molar-refractivity contribution is -0.192. The van der Waals surface area contributed by atoms with Crippen LogP contribution in [0.2, 0.25) is 0 Å². The van der Waals surface area contributed by atoms with Gasteiger partial charge in [-0.3, -0.25) is 4.79 Å². The minimum Gasteiger partial charge on any atom is -0.475 e. The van der Waals surface area contributed by atoms with E-state index in [0.29, 0.717) is 18.7 Å². The predicted molar refractivity (Wildman–Crippen MR) is 131 cm³/mol. The predicted octanol–water partition coefficient (Wildman–Crippen LogP) is 3.32. The van der Waals surface area contributed by atoms with E-state index in [0.717, 1.165) is 28.7 Å². The van der Waals surface area contributed by atoms with Crippen molar-refractivity contribution in [2.24, 2.45) is 0 Å². The normalized spacial score (nSPS) is 14.2. The summed E-state index contributed by atoms with van der Waals surface area (Å²) in [4.78, 5) is 23.7. The molecule has 2 aromatic rings. The Morgan fingerprint density at radius 1 is 1.08 bits per heavy atom. The fourth-order valence-corrected chi connectivity index (χ4v) is 5.26. The molecule has 8 nitrogen and oxygen atoms in total. The third-order valence-electron chi connectivity index (χ3n) is 5.24. The number of carbonyl (C=O) groups excluding carboxylic acids is 1. The van der Waals surface area contributed by atoms with Gasteiger partial charge in [0.15, 0.2) is 0 Å². The number of hydrogen-bond donors (Lipinski definition) is 2. The molecule has 0 bridgehead atoms. The van der Waals surface area contributed by atoms with Gasteiger partial charge in [0.2, 0.25) is 15.9 Å². The summed E-state index contributed by atoms with van der Waals surface area (Å²) in [6.45, 7) is 6.31. The van der Waals surface area contributed by atoms with Crippen molar-refractivity contribution in [3.05, 3.63) is 63.6 Å². The summed E-state index contributed by atoms with van der Waals surface area (Å²) >= 11 is 3.40. The molecule has 1 saturated heterocycles. The Labute approximate surface area is 216 Å². The molecule has 0 unspecified atom stereocenters. The van der Waals surface area contributed by atoms with Crippen LogP contribution in [0, 0.1) is 13.8 Å². The van der Waals surface area contributed by atoms with Gasteiger partial charge in [-0.2, -0.15) is 17.5 Å². The van der Waals surface area contributed by atoms with Gasteiger partial charge in [0, 0.05) is 37.2 Å². The van der Waals surface area contributed by atoms with E-state index in [9.17, 15) is 26.4 Å². The summed E-state index contributed by atoms with van der Waals surface area (Å²) in [5.74, 6) is -2.93. The minimum atomic E-state index is -5.08. The monoisotopic (exact) mass is 593 g/mol. The molecule has 198 valence electrons. The molecular weight excluding hydrogens is 567 g/mol. The molecular formula is C23H27BrF3N3O5S. The molecule has 0 aromatic heterocycles. The maximum atomic E-state index is 13.5. The van der Waals surface area contributed by atoms with Crippen molar-refractivity contribution in [1.82, 2.24) is 14.5 Å². The number of benzene rings is 2. The largest absolute Gasteiger partial charge is 0.490 e. The van der Waals surface area contributed by atoms with Gasteiger partial charge in [0.25, 0.3) is 0 Å². The fraction of sp³-hybridized carbons (Fsp3) is 0.391. The highest BCUT2D eigenvalue weighted by atomic mass is 79.9. The zero-order valence-electron chi connectivity index (χ0n) is 19.7. The van der Waals surface area contributed by atoms with E-state index in [2.05, 4.69) is 21.2 Å². The molecule has 13 heteroatoms. The molecule has 36 heavy (non-hydrogen) atoms. The van der Waals surface area contributed by atoms with Crippen LogP contribution < -0.4 is 5.32 Å². The summed E-state index contributed by atoms with van der Waals surface area (Å²) < 4.78 is 60.9. The van der Waals surface area contributed by atoms with Crippen molar-refractivity contribution >= 4 is 37.8 Å². The highest BCUT2D eigenvalue weighted by Gasteiger charge is 2.38. The number of aliphatic carboxylic acids is 1. The first kappa shape index (κ1) is 29.7. The number of carboxylic acid groups (broad SMARTS) is 1. The molecule has 1 amide bonds. The van der Waals surface area contributed by atoms with Crippen LogP contribution in [-0.2, 0) is 26.2 Å². The summed E-state index contributed by atoms with van der Waals surface area (Å²) in [5, 5.41) is 10.3. The average molecular weight is 594 g/mol. The quantitative estimate of drug-likeness (QED) is 0.532. The van der Waals surface area contributed by atoms with E-state index < -0.39 is 22.2 Å². The van der Waals surface area contributed by atoms with E-state index in [-0.39, 0.29) is 23.9 Å². The number of carbonyl (C=O) groups is 2. The molecule has 0 radical (unpaired) electrons. The van der Waals surface area contributed by atoms with Crippen LogP contribution in [-0.4, -0.2) is 73.5 Å². The van der Waals surface area contributed by atoms with E-state index >= 15 is 0 Å². The Balaban J connectivity index is 0.000000572. The molecule has 1 aliphatic rings. The third-order valence-corrected chi connectivity index (χ3v) is 7.72. The molecule has 2 aromatic carbocycles. The molecule has 0 saturated carbocycles. The van der Waals surface area contributed by atoms with Crippen molar-refractivity contribution in [3.8, 4) is 0 Å². The molecule has 1 heterocycles. The molecule has 1 aliphatic heterocycles. The Hall–Kier alpha value is -2.48. The number of halogens is 4. The Bertz CT molecular complexity index is 1170. The number of nitrogens with zero attached hydrogens (tertiary/aromatic N) is 2. The average Bonchev–Trinajstić information content (AvgIpc) is 2.80. The first-order valence-electron chi connectivity index (χ1n) is 10.8. The second kappa shape index (κ2) is 12.7. The highest BCUT2D eigenvalue weighted by molar-refractivity contribution is 9.10. The Kier molecular flexibility index (Phi) is 10.5. The molecule has 1 fully saturated rings.